The molecule has 1 aromatic carbocycles. The van der Waals surface area contributed by atoms with Crippen molar-refractivity contribution in [1.82, 2.24) is 52.5 Å². The molecule has 14 N–H and O–H groups in total. The van der Waals surface area contributed by atoms with Crippen molar-refractivity contribution < 1.29 is 48.3 Å². The maximum Gasteiger partial charge on any atom is 0.326 e. The lowest BCUT2D eigenvalue weighted by Crippen LogP contribution is -2.59. The molecule has 23 heteroatoms. The van der Waals surface area contributed by atoms with Crippen molar-refractivity contribution in [2.45, 2.75) is 88.5 Å². The van der Waals surface area contributed by atoms with Crippen LogP contribution in [0.15, 0.2) is 47.8 Å². The van der Waals surface area contributed by atoms with E-state index in [1.54, 1.807) is 30.3 Å². The van der Waals surface area contributed by atoms with E-state index in [4.69, 9.17) is 11.5 Å². The molecule has 2 aromatic rings. The number of carboxylic acids is 1. The van der Waals surface area contributed by atoms with Crippen LogP contribution in [-0.4, -0.2) is 131 Å². The van der Waals surface area contributed by atoms with Gasteiger partial charge >= 0.3 is 5.97 Å². The number of carbonyl (C=O) groups excluding carboxylic acids is 8. The van der Waals surface area contributed by atoms with E-state index in [1.165, 1.54) is 19.4 Å². The molecule has 0 radical (unpaired) electrons. The zero-order valence-electron chi connectivity index (χ0n) is 33.1. The first-order valence-corrected chi connectivity index (χ1v) is 19.2. The van der Waals surface area contributed by atoms with E-state index < -0.39 is 96.5 Å². The Labute approximate surface area is 344 Å². The third-order valence-electron chi connectivity index (χ3n) is 8.95. The second-order valence-electron chi connectivity index (χ2n) is 13.8. The highest BCUT2D eigenvalue weighted by atomic mass is 16.4. The molecule has 1 saturated heterocycles. The highest BCUT2D eigenvalue weighted by Crippen LogP contribution is 2.09. The molecule has 23 nitrogen and oxygen atoms in total. The van der Waals surface area contributed by atoms with Gasteiger partial charge in [0.25, 0.3) is 0 Å². The van der Waals surface area contributed by atoms with Crippen molar-refractivity contribution in [2.24, 2.45) is 16.5 Å². The smallest absolute Gasteiger partial charge is 0.326 e. The molecule has 8 amide bonds. The van der Waals surface area contributed by atoms with Gasteiger partial charge in [-0.25, -0.2) is 9.78 Å². The summed E-state index contributed by atoms with van der Waals surface area (Å²) >= 11 is 0. The molecule has 1 fully saturated rings. The number of guanidine groups is 1. The number of rotatable bonds is 12. The van der Waals surface area contributed by atoms with Crippen LogP contribution in [0.4, 0.5) is 0 Å². The largest absolute Gasteiger partial charge is 0.480 e. The van der Waals surface area contributed by atoms with Gasteiger partial charge in [0, 0.05) is 51.2 Å². The van der Waals surface area contributed by atoms with Gasteiger partial charge in [-0.15, -0.1) is 0 Å². The number of benzene rings is 1. The highest BCUT2D eigenvalue weighted by molar-refractivity contribution is 5.96. The van der Waals surface area contributed by atoms with Crippen molar-refractivity contribution in [1.29, 1.82) is 0 Å². The number of H-pyrrole nitrogens is 1. The Bertz CT molecular complexity index is 1840. The number of carbonyl (C=O) groups is 9. The molecule has 60 heavy (non-hydrogen) atoms. The van der Waals surface area contributed by atoms with Gasteiger partial charge in [0.2, 0.25) is 47.3 Å². The fourth-order valence-corrected chi connectivity index (χ4v) is 5.92. The number of nitrogens with zero attached hydrogens (tertiary/aromatic N) is 2. The molecule has 326 valence electrons. The first kappa shape index (κ1) is 47.3. The molecular formula is C37H53N13O10. The van der Waals surface area contributed by atoms with Gasteiger partial charge in [-0.2, -0.15) is 0 Å². The molecular weight excluding hydrogens is 786 g/mol. The van der Waals surface area contributed by atoms with Crippen molar-refractivity contribution >= 4 is 59.2 Å². The predicted octanol–water partition coefficient (Wildman–Crippen LogP) is -4.30. The molecule has 1 aliphatic rings. The van der Waals surface area contributed by atoms with E-state index in [0.717, 1.165) is 0 Å². The number of carboxylic acid groups (broad SMARTS) is 1. The number of aliphatic imine (C=N–C) groups is 1. The van der Waals surface area contributed by atoms with Crippen LogP contribution in [0.5, 0.6) is 0 Å². The molecule has 0 aliphatic carbocycles. The molecule has 3 rings (SSSR count). The quantitative estimate of drug-likeness (QED) is 0.0548. The standard InChI is InChI=1S/C37H53N13O10/c1-21(51)46-24(9-5-14-42-37(38)39)33(56)48-25-11-12-29(52)41-13-6-10-26(36(59)60)47-31(54)19-43-30(53)18-44-32(55)27(15-22-7-3-2-4-8-22)49-35(58)28(50-34(25)57)16-23-17-40-20-45-23/h2-4,7-8,17,20,24-28H,5-6,9-16,18-19H2,1H3,(H,40,45)(H,41,52)(H,43,53)(H,44,55)(H,46,51)(H,47,54)(H,48,56)(H,49,58)(H,50,57)(H,59,60)(H4,38,39,42)/t24?,25?,26?,27?,28-/m0/s1. The normalized spacial score (nSPS) is 20.9. The Kier molecular flexibility index (Phi) is 19.4. The number of imidazole rings is 1. The first-order chi connectivity index (χ1) is 28.6. The fourth-order valence-electron chi connectivity index (χ4n) is 5.92. The van der Waals surface area contributed by atoms with E-state index in [0.29, 0.717) is 11.3 Å². The number of aliphatic carboxylic acids is 1. The van der Waals surface area contributed by atoms with Crippen LogP contribution in [0.2, 0.25) is 0 Å². The minimum Gasteiger partial charge on any atom is -0.480 e. The molecule has 1 aromatic heterocycles. The number of hydrogen-bond acceptors (Lipinski definition) is 11. The predicted molar refractivity (Wildman–Crippen MR) is 213 cm³/mol. The molecule has 0 bridgehead atoms. The number of hydrogen-bond donors (Lipinski definition) is 12. The van der Waals surface area contributed by atoms with Gasteiger partial charge in [0.1, 0.15) is 30.2 Å². The third kappa shape index (κ3) is 17.6. The zero-order chi connectivity index (χ0) is 44.0. The third-order valence-corrected chi connectivity index (χ3v) is 8.95. The lowest BCUT2D eigenvalue weighted by molar-refractivity contribution is -0.142. The van der Waals surface area contributed by atoms with Gasteiger partial charge in [0.15, 0.2) is 5.96 Å². The maximum atomic E-state index is 14.1. The van der Waals surface area contributed by atoms with Crippen LogP contribution in [0.25, 0.3) is 0 Å². The average Bonchev–Trinajstić information content (AvgIpc) is 3.72. The van der Waals surface area contributed by atoms with Crippen LogP contribution in [-0.2, 0) is 56.0 Å². The van der Waals surface area contributed by atoms with E-state index in [1.807, 2.05) is 0 Å². The Hall–Kier alpha value is -7.07. The summed E-state index contributed by atoms with van der Waals surface area (Å²) in [4.78, 5) is 128. The van der Waals surface area contributed by atoms with Crippen LogP contribution < -0.4 is 54.0 Å². The topological polar surface area (TPSA) is 363 Å². The Morgan fingerprint density at radius 1 is 0.867 bits per heavy atom. The summed E-state index contributed by atoms with van der Waals surface area (Å²) in [7, 11) is 0. The van der Waals surface area contributed by atoms with Crippen LogP contribution >= 0.6 is 0 Å². The summed E-state index contributed by atoms with van der Waals surface area (Å²) in [6, 6.07) is 1.95. The average molecular weight is 840 g/mol. The number of amides is 8. The van der Waals surface area contributed by atoms with E-state index in [-0.39, 0.29) is 70.4 Å². The lowest BCUT2D eigenvalue weighted by atomic mass is 10.0. The molecule has 2 heterocycles. The maximum absolute atomic E-state index is 14.1. The van der Waals surface area contributed by atoms with Crippen LogP contribution in [0, 0.1) is 0 Å². The zero-order valence-corrected chi connectivity index (χ0v) is 33.1. The Balaban J connectivity index is 1.96. The van der Waals surface area contributed by atoms with Crippen molar-refractivity contribution in [2.75, 3.05) is 26.2 Å². The summed E-state index contributed by atoms with van der Waals surface area (Å²) in [6.45, 7) is 0.101. The van der Waals surface area contributed by atoms with E-state index in [2.05, 4.69) is 57.5 Å². The molecule has 0 spiro atoms. The van der Waals surface area contributed by atoms with Gasteiger partial charge in [0.05, 0.1) is 19.4 Å². The van der Waals surface area contributed by atoms with Crippen LogP contribution in [0.1, 0.15) is 56.7 Å². The van der Waals surface area contributed by atoms with Gasteiger partial charge < -0.3 is 64.1 Å². The van der Waals surface area contributed by atoms with Crippen molar-refractivity contribution in [3.8, 4) is 0 Å². The molecule has 0 saturated carbocycles. The number of aromatic nitrogens is 2. The number of aromatic amines is 1. The van der Waals surface area contributed by atoms with Gasteiger partial charge in [-0.1, -0.05) is 30.3 Å². The van der Waals surface area contributed by atoms with Crippen molar-refractivity contribution in [3.63, 3.8) is 0 Å². The molecule has 4 unspecified atom stereocenters. The summed E-state index contributed by atoms with van der Waals surface area (Å²) in [5.41, 5.74) is 11.8. The number of nitrogens with two attached hydrogens (primary N) is 2. The SMILES string of the molecule is CC(=O)NC(CCCN=C(N)N)C(=O)NC1CCC(=O)NCCCC(C(=O)O)NC(=O)CNC(=O)CNC(=O)C(Cc2ccccc2)NC(=O)[C@H](Cc2cnc[nH]2)NC1=O. The summed E-state index contributed by atoms with van der Waals surface area (Å²) in [5.74, 6) is -7.55. The minimum atomic E-state index is -1.45. The first-order valence-electron chi connectivity index (χ1n) is 19.2. The van der Waals surface area contributed by atoms with E-state index in [9.17, 15) is 48.3 Å². The number of nitrogens with one attached hydrogen (secondary N) is 9. The van der Waals surface area contributed by atoms with Gasteiger partial charge in [-0.3, -0.25) is 43.3 Å². The van der Waals surface area contributed by atoms with Gasteiger partial charge in [-0.05, 0) is 37.7 Å². The Morgan fingerprint density at radius 2 is 1.57 bits per heavy atom. The fraction of sp³-hybridized carbons (Fsp3) is 0.486. The monoisotopic (exact) mass is 839 g/mol. The summed E-state index contributed by atoms with van der Waals surface area (Å²) in [6.07, 6.45) is 2.26. The molecule has 1 aliphatic heterocycles. The Morgan fingerprint density at radius 3 is 2.23 bits per heavy atom. The van der Waals surface area contributed by atoms with Crippen molar-refractivity contribution in [3.05, 3.63) is 54.1 Å². The second-order valence-corrected chi connectivity index (χ2v) is 13.8. The van der Waals surface area contributed by atoms with Crippen LogP contribution in [0.3, 0.4) is 0 Å². The minimum absolute atomic E-state index is 0.0187. The summed E-state index contributed by atoms with van der Waals surface area (Å²) < 4.78 is 0. The summed E-state index contributed by atoms with van der Waals surface area (Å²) in [5, 5.41) is 29.6. The van der Waals surface area contributed by atoms with E-state index >= 15 is 0 Å². The lowest BCUT2D eigenvalue weighted by Gasteiger charge is -2.26. The molecule has 5 atom stereocenters. The highest BCUT2D eigenvalue weighted by Gasteiger charge is 2.32. The second kappa shape index (κ2) is 24.6.